The second kappa shape index (κ2) is 9.87. The Labute approximate surface area is 182 Å². The van der Waals surface area contributed by atoms with E-state index in [0.29, 0.717) is 33.1 Å². The van der Waals surface area contributed by atoms with Gasteiger partial charge in [-0.05, 0) is 24.5 Å². The first kappa shape index (κ1) is 21.3. The zero-order chi connectivity index (χ0) is 20.8. The Morgan fingerprint density at radius 2 is 1.83 bits per heavy atom. The van der Waals surface area contributed by atoms with Gasteiger partial charge in [0.25, 0.3) is 0 Å². The van der Waals surface area contributed by atoms with Gasteiger partial charge in [0, 0.05) is 5.56 Å². The molecule has 0 N–H and O–H groups in total. The molecular weight excluding hydrogens is 435 g/mol. The summed E-state index contributed by atoms with van der Waals surface area (Å²) in [6.07, 6.45) is 3.46. The van der Waals surface area contributed by atoms with Crippen molar-refractivity contribution in [3.63, 3.8) is 0 Å². The van der Waals surface area contributed by atoms with Crippen LogP contribution in [-0.2, 0) is 6.61 Å². The highest BCUT2D eigenvalue weighted by molar-refractivity contribution is 7.98. The molecule has 152 valence electrons. The number of hydrogen-bond donors (Lipinski definition) is 0. The van der Waals surface area contributed by atoms with Crippen LogP contribution in [0.25, 0.3) is 0 Å². The monoisotopic (exact) mass is 452 g/mol. The van der Waals surface area contributed by atoms with Crippen LogP contribution in [0.5, 0.6) is 17.2 Å². The van der Waals surface area contributed by atoms with Crippen LogP contribution in [0.15, 0.2) is 46.7 Å². The first-order chi connectivity index (χ1) is 14.1. The predicted molar refractivity (Wildman–Crippen MR) is 115 cm³/mol. The van der Waals surface area contributed by atoms with Gasteiger partial charge in [-0.25, -0.2) is 0 Å². The number of thioether (sulfide) groups is 1. The van der Waals surface area contributed by atoms with E-state index in [1.165, 1.54) is 26.0 Å². The number of rotatable bonds is 8. The summed E-state index contributed by atoms with van der Waals surface area (Å²) >= 11 is 14.0. The lowest BCUT2D eigenvalue weighted by atomic mass is 10.2. The van der Waals surface area contributed by atoms with Gasteiger partial charge in [0.05, 0.1) is 25.5 Å². The van der Waals surface area contributed by atoms with E-state index >= 15 is 0 Å². The van der Waals surface area contributed by atoms with Crippen molar-refractivity contribution in [2.45, 2.75) is 11.8 Å². The lowest BCUT2D eigenvalue weighted by molar-refractivity contribution is 0.290. The van der Waals surface area contributed by atoms with Crippen LogP contribution in [0.4, 0.5) is 0 Å². The number of para-hydroxylation sites is 1. The Kier molecular flexibility index (Phi) is 7.24. The van der Waals surface area contributed by atoms with E-state index in [1.807, 2.05) is 36.6 Å². The molecule has 1 aromatic heterocycles. The van der Waals surface area contributed by atoms with Crippen molar-refractivity contribution in [1.29, 1.82) is 0 Å². The number of nitrogens with zero attached hydrogens (tertiary/aromatic N) is 4. The number of benzene rings is 2. The predicted octanol–water partition coefficient (Wildman–Crippen LogP) is 4.79. The van der Waals surface area contributed by atoms with Crippen molar-refractivity contribution < 1.29 is 14.2 Å². The molecule has 0 bridgehead atoms. The van der Waals surface area contributed by atoms with Crippen LogP contribution in [0.2, 0.25) is 10.0 Å². The Morgan fingerprint density at radius 1 is 1.10 bits per heavy atom. The molecule has 0 aliphatic carbocycles. The lowest BCUT2D eigenvalue weighted by Crippen LogP contribution is -2.05. The highest BCUT2D eigenvalue weighted by Crippen LogP contribution is 2.41. The minimum Gasteiger partial charge on any atom is -0.494 e. The van der Waals surface area contributed by atoms with Crippen molar-refractivity contribution in [2.24, 2.45) is 5.10 Å². The van der Waals surface area contributed by atoms with Gasteiger partial charge >= 0.3 is 0 Å². The average Bonchev–Trinajstić information content (AvgIpc) is 3.13. The molecule has 0 atom stereocenters. The largest absolute Gasteiger partial charge is 0.494 e. The van der Waals surface area contributed by atoms with E-state index in [-0.39, 0.29) is 11.6 Å². The van der Waals surface area contributed by atoms with Crippen molar-refractivity contribution in [3.8, 4) is 17.2 Å². The van der Waals surface area contributed by atoms with Gasteiger partial charge in [0.2, 0.25) is 5.16 Å². The van der Waals surface area contributed by atoms with Gasteiger partial charge in [-0.1, -0.05) is 53.2 Å². The van der Waals surface area contributed by atoms with Crippen molar-refractivity contribution in [3.05, 3.63) is 57.8 Å². The van der Waals surface area contributed by atoms with Gasteiger partial charge < -0.3 is 14.2 Å². The third kappa shape index (κ3) is 4.77. The Morgan fingerprint density at radius 3 is 2.48 bits per heavy atom. The van der Waals surface area contributed by atoms with E-state index in [1.54, 1.807) is 17.0 Å². The summed E-state index contributed by atoms with van der Waals surface area (Å²) in [4.78, 5) is 0. The molecule has 0 aliphatic heterocycles. The number of hydrogen-bond acceptors (Lipinski definition) is 7. The summed E-state index contributed by atoms with van der Waals surface area (Å²) in [6, 6.07) is 11.1. The topological polar surface area (TPSA) is 70.8 Å². The smallest absolute Gasteiger partial charge is 0.211 e. The third-order valence-electron chi connectivity index (χ3n) is 3.85. The van der Waals surface area contributed by atoms with E-state index in [4.69, 9.17) is 37.4 Å². The van der Waals surface area contributed by atoms with Gasteiger partial charge in [-0.3, -0.25) is 0 Å². The first-order valence-corrected chi connectivity index (χ1v) is 10.4. The molecular formula is C19H18Cl2N4O3S. The molecule has 0 aliphatic rings. The normalized spacial score (nSPS) is 11.1. The molecule has 0 spiro atoms. The molecule has 1 heterocycles. The fourth-order valence-electron chi connectivity index (χ4n) is 2.51. The van der Waals surface area contributed by atoms with Crippen molar-refractivity contribution in [2.75, 3.05) is 20.5 Å². The number of halogens is 2. The van der Waals surface area contributed by atoms with Crippen molar-refractivity contribution >= 4 is 41.2 Å². The summed E-state index contributed by atoms with van der Waals surface area (Å²) in [5.41, 5.74) is 0.582. The Hall–Kier alpha value is -2.42. The molecule has 0 radical (unpaired) electrons. The lowest BCUT2D eigenvalue weighted by Gasteiger charge is -2.12. The molecule has 29 heavy (non-hydrogen) atoms. The number of aromatic nitrogens is 3. The summed E-state index contributed by atoms with van der Waals surface area (Å²) in [5, 5.41) is 14.0. The fraction of sp³-hybridized carbons (Fsp3) is 0.211. The number of methoxy groups -OCH3 is 2. The van der Waals surface area contributed by atoms with Gasteiger partial charge in [-0.2, -0.15) is 9.78 Å². The quantitative estimate of drug-likeness (QED) is 0.361. The SMILES string of the molecule is COc1c(Cl)cc(/C=N\n2c(COc3ccccc3)nnc2SC)c(OC)c1Cl. The molecule has 0 unspecified atom stereocenters. The average molecular weight is 453 g/mol. The Balaban J connectivity index is 1.91. The summed E-state index contributed by atoms with van der Waals surface area (Å²) in [6.45, 7) is 0.205. The molecule has 0 fully saturated rings. The molecule has 0 saturated carbocycles. The second-order valence-electron chi connectivity index (χ2n) is 5.59. The highest BCUT2D eigenvalue weighted by Gasteiger charge is 2.17. The van der Waals surface area contributed by atoms with Crippen LogP contribution >= 0.6 is 35.0 Å². The van der Waals surface area contributed by atoms with E-state index in [0.717, 1.165) is 5.75 Å². The molecule has 2 aromatic carbocycles. The Bertz CT molecular complexity index is 1010. The van der Waals surface area contributed by atoms with Crippen LogP contribution in [-0.4, -0.2) is 41.6 Å². The van der Waals surface area contributed by atoms with Crippen LogP contribution in [0, 0.1) is 0 Å². The molecule has 10 heteroatoms. The summed E-state index contributed by atoms with van der Waals surface area (Å²) in [5.74, 6) is 2.01. The molecule has 3 rings (SSSR count). The standard InChI is InChI=1S/C19H18Cl2N4O3S/c1-26-17-12(9-14(20)18(27-2)16(17)21)10-22-25-15(23-24-19(25)29-3)11-28-13-7-5-4-6-8-13/h4-10H,11H2,1-3H3/b22-10-. The maximum absolute atomic E-state index is 6.34. The minimum atomic E-state index is 0.205. The maximum Gasteiger partial charge on any atom is 0.211 e. The molecule has 3 aromatic rings. The first-order valence-electron chi connectivity index (χ1n) is 8.39. The van der Waals surface area contributed by atoms with Gasteiger partial charge in [0.15, 0.2) is 11.6 Å². The van der Waals surface area contributed by atoms with E-state index < -0.39 is 0 Å². The fourth-order valence-corrected chi connectivity index (χ4v) is 3.66. The minimum absolute atomic E-state index is 0.205. The van der Waals surface area contributed by atoms with E-state index in [9.17, 15) is 0 Å². The van der Waals surface area contributed by atoms with Crippen LogP contribution < -0.4 is 14.2 Å². The third-order valence-corrected chi connectivity index (χ3v) is 5.09. The highest BCUT2D eigenvalue weighted by atomic mass is 35.5. The zero-order valence-electron chi connectivity index (χ0n) is 15.9. The zero-order valence-corrected chi connectivity index (χ0v) is 18.3. The molecule has 7 nitrogen and oxygen atoms in total. The number of ether oxygens (including phenoxy) is 3. The van der Waals surface area contributed by atoms with Crippen molar-refractivity contribution in [1.82, 2.24) is 14.9 Å². The van der Waals surface area contributed by atoms with Crippen LogP contribution in [0.1, 0.15) is 11.4 Å². The second-order valence-corrected chi connectivity index (χ2v) is 7.15. The van der Waals surface area contributed by atoms with Gasteiger partial charge in [0.1, 0.15) is 23.1 Å². The molecule has 0 amide bonds. The molecule has 0 saturated heterocycles. The summed E-state index contributed by atoms with van der Waals surface area (Å²) < 4.78 is 18.0. The van der Waals surface area contributed by atoms with Crippen LogP contribution in [0.3, 0.4) is 0 Å². The van der Waals surface area contributed by atoms with Gasteiger partial charge in [-0.15, -0.1) is 10.2 Å². The summed E-state index contributed by atoms with van der Waals surface area (Å²) in [7, 11) is 3.00. The maximum atomic E-state index is 6.34. The van der Waals surface area contributed by atoms with E-state index in [2.05, 4.69) is 15.3 Å².